The van der Waals surface area contributed by atoms with E-state index in [1.165, 1.54) is 0 Å². The summed E-state index contributed by atoms with van der Waals surface area (Å²) in [5.74, 6) is 2.69. The van der Waals surface area contributed by atoms with Crippen molar-refractivity contribution in [3.63, 3.8) is 0 Å². The Balaban J connectivity index is 1.55. The number of allylic oxidation sites excluding steroid dienone is 1. The maximum atomic E-state index is 11.5. The molecule has 2 aromatic rings. The zero-order chi connectivity index (χ0) is 13.8. The van der Waals surface area contributed by atoms with Crippen LogP contribution in [0.1, 0.15) is 24.4 Å². The van der Waals surface area contributed by atoms with Gasteiger partial charge in [-0.15, -0.1) is 0 Å². The quantitative estimate of drug-likeness (QED) is 0.747. The van der Waals surface area contributed by atoms with E-state index >= 15 is 0 Å². The molecule has 3 heteroatoms. The van der Waals surface area contributed by atoms with E-state index in [1.807, 2.05) is 42.5 Å². The second-order valence-corrected chi connectivity index (χ2v) is 4.92. The maximum absolute atomic E-state index is 11.5. The van der Waals surface area contributed by atoms with Crippen molar-refractivity contribution in [2.24, 2.45) is 5.92 Å². The molecular weight excluding hydrogens is 252 g/mol. The Hall–Kier alpha value is -2.29. The van der Waals surface area contributed by atoms with Gasteiger partial charge >= 0.3 is 0 Å². The monoisotopic (exact) mass is 268 g/mol. The van der Waals surface area contributed by atoms with Gasteiger partial charge in [0.2, 0.25) is 0 Å². The Labute approximate surface area is 117 Å². The Morgan fingerprint density at radius 1 is 1.20 bits per heavy atom. The fourth-order valence-corrected chi connectivity index (χ4v) is 1.90. The van der Waals surface area contributed by atoms with Gasteiger partial charge in [0.05, 0.1) is 0 Å². The molecule has 20 heavy (non-hydrogen) atoms. The Morgan fingerprint density at radius 3 is 2.75 bits per heavy atom. The lowest BCUT2D eigenvalue weighted by Gasteiger charge is -2.02. The Morgan fingerprint density at radius 2 is 2.00 bits per heavy atom. The zero-order valence-corrected chi connectivity index (χ0v) is 11.1. The van der Waals surface area contributed by atoms with Gasteiger partial charge in [-0.05, 0) is 49.3 Å². The normalized spacial score (nSPS) is 14.6. The van der Waals surface area contributed by atoms with E-state index in [2.05, 4.69) is 0 Å². The second kappa shape index (κ2) is 5.78. The van der Waals surface area contributed by atoms with E-state index in [0.29, 0.717) is 12.4 Å². The minimum absolute atomic E-state index is 0.198. The smallest absolute Gasteiger partial charge is 0.158 e. The first-order chi connectivity index (χ1) is 9.81. The molecule has 0 amide bonds. The van der Waals surface area contributed by atoms with E-state index in [-0.39, 0.29) is 11.7 Å². The molecule has 1 aliphatic rings. The lowest BCUT2D eigenvalue weighted by molar-refractivity contribution is -0.115. The molecule has 0 bridgehead atoms. The van der Waals surface area contributed by atoms with Crippen LogP contribution in [0.4, 0.5) is 0 Å². The van der Waals surface area contributed by atoms with Gasteiger partial charge in [0.25, 0.3) is 0 Å². The Bertz CT molecular complexity index is 606. The molecule has 1 saturated carbocycles. The van der Waals surface area contributed by atoms with Crippen LogP contribution in [0, 0.1) is 5.92 Å². The number of rotatable bonds is 6. The molecule has 3 nitrogen and oxygen atoms in total. The average molecular weight is 268 g/mol. The van der Waals surface area contributed by atoms with E-state index in [1.54, 1.807) is 12.2 Å². The molecular formula is C17H16O3. The molecule has 0 aliphatic heterocycles. The number of ether oxygens (including phenoxy) is 1. The molecule has 0 spiro atoms. The number of hydrogen-bond acceptors (Lipinski definition) is 3. The van der Waals surface area contributed by atoms with Crippen LogP contribution in [0.25, 0.3) is 6.08 Å². The molecule has 1 heterocycles. The third kappa shape index (κ3) is 3.38. The van der Waals surface area contributed by atoms with E-state index in [4.69, 9.17) is 9.15 Å². The van der Waals surface area contributed by atoms with Crippen molar-refractivity contribution in [3.05, 3.63) is 60.1 Å². The molecule has 1 aromatic heterocycles. The first-order valence-electron chi connectivity index (χ1n) is 6.80. The largest absolute Gasteiger partial charge is 0.486 e. The molecule has 3 rings (SSSR count). The van der Waals surface area contributed by atoms with Crippen LogP contribution >= 0.6 is 0 Å². The minimum atomic E-state index is 0.198. The lowest BCUT2D eigenvalue weighted by Crippen LogP contribution is -1.93. The van der Waals surface area contributed by atoms with Crippen LogP contribution in [0.2, 0.25) is 0 Å². The molecule has 1 aliphatic carbocycles. The van der Waals surface area contributed by atoms with Crippen molar-refractivity contribution in [1.29, 1.82) is 0 Å². The number of carbonyl (C=O) groups is 1. The van der Waals surface area contributed by atoms with Crippen LogP contribution in [0.15, 0.2) is 53.0 Å². The van der Waals surface area contributed by atoms with Crippen molar-refractivity contribution in [1.82, 2.24) is 0 Å². The van der Waals surface area contributed by atoms with Crippen molar-refractivity contribution in [2.75, 3.05) is 0 Å². The first-order valence-corrected chi connectivity index (χ1v) is 6.80. The van der Waals surface area contributed by atoms with Crippen LogP contribution in [0.3, 0.4) is 0 Å². The van der Waals surface area contributed by atoms with Crippen molar-refractivity contribution in [2.45, 2.75) is 19.4 Å². The van der Waals surface area contributed by atoms with Gasteiger partial charge in [-0.1, -0.05) is 18.2 Å². The second-order valence-electron chi connectivity index (χ2n) is 4.92. The predicted octanol–water partition coefficient (Wildman–Crippen LogP) is 3.85. The van der Waals surface area contributed by atoms with Crippen molar-refractivity contribution < 1.29 is 13.9 Å². The zero-order valence-electron chi connectivity index (χ0n) is 11.1. The van der Waals surface area contributed by atoms with Gasteiger partial charge in [0.1, 0.15) is 23.9 Å². The highest BCUT2D eigenvalue weighted by atomic mass is 16.5. The molecule has 0 atom stereocenters. The summed E-state index contributed by atoms with van der Waals surface area (Å²) in [5, 5.41) is 0. The van der Waals surface area contributed by atoms with Gasteiger partial charge in [0.15, 0.2) is 5.78 Å². The number of benzene rings is 1. The van der Waals surface area contributed by atoms with E-state index < -0.39 is 0 Å². The molecule has 0 saturated heterocycles. The molecule has 1 aromatic carbocycles. The van der Waals surface area contributed by atoms with Crippen LogP contribution in [-0.2, 0) is 11.4 Å². The number of hydrogen-bond donors (Lipinski definition) is 0. The fraction of sp³-hybridized carbons (Fsp3) is 0.235. The van der Waals surface area contributed by atoms with Crippen LogP contribution in [-0.4, -0.2) is 5.78 Å². The summed E-state index contributed by atoms with van der Waals surface area (Å²) < 4.78 is 11.2. The molecule has 0 unspecified atom stereocenters. The SMILES string of the molecule is O=C(/C=C/c1ccc(COc2ccccc2)o1)C1CC1. The van der Waals surface area contributed by atoms with Crippen molar-refractivity contribution >= 4 is 11.9 Å². The number of para-hydroxylation sites is 1. The Kier molecular flexibility index (Phi) is 3.68. The molecule has 0 radical (unpaired) electrons. The highest BCUT2D eigenvalue weighted by Crippen LogP contribution is 2.30. The summed E-state index contributed by atoms with van der Waals surface area (Å²) in [5.41, 5.74) is 0. The van der Waals surface area contributed by atoms with Gasteiger partial charge in [-0.3, -0.25) is 4.79 Å². The van der Waals surface area contributed by atoms with Gasteiger partial charge < -0.3 is 9.15 Å². The third-order valence-electron chi connectivity index (χ3n) is 3.20. The average Bonchev–Trinajstić information content (AvgIpc) is 3.24. The summed E-state index contributed by atoms with van der Waals surface area (Å²) in [6, 6.07) is 13.3. The summed E-state index contributed by atoms with van der Waals surface area (Å²) in [7, 11) is 0. The third-order valence-corrected chi connectivity index (χ3v) is 3.20. The fourth-order valence-electron chi connectivity index (χ4n) is 1.90. The summed E-state index contributed by atoms with van der Waals surface area (Å²) in [4.78, 5) is 11.5. The topological polar surface area (TPSA) is 39.4 Å². The number of carbonyl (C=O) groups excluding carboxylic acids is 1. The van der Waals surface area contributed by atoms with Gasteiger partial charge in [-0.2, -0.15) is 0 Å². The molecule has 0 N–H and O–H groups in total. The lowest BCUT2D eigenvalue weighted by atomic mass is 10.2. The van der Waals surface area contributed by atoms with Gasteiger partial charge in [0, 0.05) is 5.92 Å². The highest BCUT2D eigenvalue weighted by molar-refractivity contribution is 5.96. The summed E-state index contributed by atoms with van der Waals surface area (Å²) in [6.45, 7) is 0.383. The van der Waals surface area contributed by atoms with Crippen LogP contribution in [0.5, 0.6) is 5.75 Å². The van der Waals surface area contributed by atoms with Crippen LogP contribution < -0.4 is 4.74 Å². The number of furan rings is 1. The van der Waals surface area contributed by atoms with Gasteiger partial charge in [-0.25, -0.2) is 0 Å². The molecule has 102 valence electrons. The van der Waals surface area contributed by atoms with E-state index in [0.717, 1.165) is 24.4 Å². The number of ketones is 1. The summed E-state index contributed by atoms with van der Waals surface area (Å²) in [6.07, 6.45) is 5.39. The van der Waals surface area contributed by atoms with Crippen molar-refractivity contribution in [3.8, 4) is 5.75 Å². The van der Waals surface area contributed by atoms with E-state index in [9.17, 15) is 4.79 Å². The molecule has 1 fully saturated rings. The predicted molar refractivity (Wildman–Crippen MR) is 76.2 cm³/mol. The highest BCUT2D eigenvalue weighted by Gasteiger charge is 2.27. The first kappa shape index (κ1) is 12.7. The standard InChI is InChI=1S/C17H16O3/c18-17(13-6-7-13)11-10-15-8-9-16(20-15)12-19-14-4-2-1-3-5-14/h1-5,8-11,13H,6-7,12H2/b11-10+. The maximum Gasteiger partial charge on any atom is 0.158 e. The minimum Gasteiger partial charge on any atom is -0.486 e. The summed E-state index contributed by atoms with van der Waals surface area (Å²) >= 11 is 0.